The van der Waals surface area contributed by atoms with Crippen molar-refractivity contribution < 1.29 is 9.53 Å². The fraction of sp³-hybridized carbons (Fsp3) is 0.533. The molecule has 0 aliphatic carbocycles. The largest absolute Gasteiger partial charge is 0.460 e. The number of hydrogen-bond donors (Lipinski definition) is 0. The van der Waals surface area contributed by atoms with Crippen LogP contribution in [0.15, 0.2) is 22.7 Å². The minimum atomic E-state index is -0.412. The van der Waals surface area contributed by atoms with E-state index in [4.69, 9.17) is 16.3 Å². The first-order valence-corrected chi connectivity index (χ1v) is 7.81. The summed E-state index contributed by atoms with van der Waals surface area (Å²) in [4.78, 5) is 14.1. The minimum absolute atomic E-state index is 0.0137. The second-order valence-corrected chi connectivity index (χ2v) is 7.48. The maximum Gasteiger partial charge on any atom is 0.312 e. The number of carbonyl (C=O) groups is 1. The Morgan fingerprint density at radius 1 is 1.45 bits per heavy atom. The number of hydrogen-bond acceptors (Lipinski definition) is 3. The summed E-state index contributed by atoms with van der Waals surface area (Å²) < 4.78 is 6.40. The molecule has 1 aliphatic heterocycles. The molecule has 0 spiro atoms. The van der Waals surface area contributed by atoms with Crippen LogP contribution in [-0.4, -0.2) is 29.6 Å². The molecular weight excluding hydrogens is 342 g/mol. The van der Waals surface area contributed by atoms with Gasteiger partial charge < -0.3 is 4.74 Å². The van der Waals surface area contributed by atoms with Crippen molar-refractivity contribution >= 4 is 33.5 Å². The standard InChI is InChI=1S/C15H19BrClNO2/c1-15(2,3)20-14(19)11-8-18(9-11)7-10-6-12(16)4-5-13(10)17/h4-6,11H,7-9H2,1-3H3. The first-order chi connectivity index (χ1) is 9.24. The molecule has 0 atom stereocenters. The second kappa shape index (κ2) is 6.04. The average Bonchev–Trinajstić information content (AvgIpc) is 2.24. The molecule has 1 heterocycles. The molecule has 0 N–H and O–H groups in total. The van der Waals surface area contributed by atoms with Crippen molar-refractivity contribution in [3.63, 3.8) is 0 Å². The molecular formula is C15H19BrClNO2. The normalized spacial score (nSPS) is 16.9. The highest BCUT2D eigenvalue weighted by Crippen LogP contribution is 2.26. The molecule has 1 aliphatic rings. The number of carbonyl (C=O) groups excluding carboxylic acids is 1. The molecule has 1 aromatic rings. The molecule has 110 valence electrons. The maximum atomic E-state index is 11.9. The van der Waals surface area contributed by atoms with Gasteiger partial charge in [-0.05, 0) is 44.5 Å². The summed E-state index contributed by atoms with van der Waals surface area (Å²) in [6.45, 7) is 7.90. The molecule has 2 rings (SSSR count). The Morgan fingerprint density at radius 3 is 2.70 bits per heavy atom. The predicted octanol–water partition coefficient (Wildman–Crippen LogP) is 3.88. The Morgan fingerprint density at radius 2 is 2.10 bits per heavy atom. The Labute approximate surface area is 133 Å². The van der Waals surface area contributed by atoms with E-state index in [1.807, 2.05) is 39.0 Å². The molecule has 0 unspecified atom stereocenters. The molecule has 1 saturated heterocycles. The van der Waals surface area contributed by atoms with Gasteiger partial charge in [0.25, 0.3) is 0 Å². The zero-order chi connectivity index (χ0) is 14.9. The lowest BCUT2D eigenvalue weighted by Gasteiger charge is -2.39. The first kappa shape index (κ1) is 15.8. The summed E-state index contributed by atoms with van der Waals surface area (Å²) in [5, 5.41) is 0.758. The first-order valence-electron chi connectivity index (χ1n) is 6.64. The number of likely N-dealkylation sites (tertiary alicyclic amines) is 1. The smallest absolute Gasteiger partial charge is 0.312 e. The zero-order valence-corrected chi connectivity index (χ0v) is 14.3. The molecule has 20 heavy (non-hydrogen) atoms. The number of nitrogens with zero attached hydrogens (tertiary/aromatic N) is 1. The monoisotopic (exact) mass is 359 g/mol. The van der Waals surface area contributed by atoms with E-state index in [9.17, 15) is 4.79 Å². The van der Waals surface area contributed by atoms with Crippen molar-refractivity contribution in [2.45, 2.75) is 32.9 Å². The molecule has 1 aromatic carbocycles. The average molecular weight is 361 g/mol. The van der Waals surface area contributed by atoms with E-state index in [2.05, 4.69) is 20.8 Å². The second-order valence-electron chi connectivity index (χ2n) is 6.16. The van der Waals surface area contributed by atoms with Crippen molar-refractivity contribution in [1.82, 2.24) is 4.90 Å². The van der Waals surface area contributed by atoms with Gasteiger partial charge in [-0.3, -0.25) is 9.69 Å². The van der Waals surface area contributed by atoms with Gasteiger partial charge in [-0.1, -0.05) is 27.5 Å². The lowest BCUT2D eigenvalue weighted by molar-refractivity contribution is -0.166. The molecule has 0 bridgehead atoms. The van der Waals surface area contributed by atoms with Gasteiger partial charge in [0.05, 0.1) is 5.92 Å². The Hall–Kier alpha value is -0.580. The lowest BCUT2D eigenvalue weighted by Crippen LogP contribution is -2.51. The molecule has 0 radical (unpaired) electrons. The third-order valence-corrected chi connectivity index (χ3v) is 3.96. The topological polar surface area (TPSA) is 29.5 Å². The van der Waals surface area contributed by atoms with Gasteiger partial charge >= 0.3 is 5.97 Å². The maximum absolute atomic E-state index is 11.9. The summed E-state index contributed by atoms with van der Waals surface area (Å²) in [6.07, 6.45) is 0. The lowest BCUT2D eigenvalue weighted by atomic mass is 9.99. The van der Waals surface area contributed by atoms with E-state index in [1.165, 1.54) is 0 Å². The van der Waals surface area contributed by atoms with E-state index < -0.39 is 5.60 Å². The summed E-state index contributed by atoms with van der Waals surface area (Å²) >= 11 is 9.61. The van der Waals surface area contributed by atoms with Crippen LogP contribution in [0.1, 0.15) is 26.3 Å². The van der Waals surface area contributed by atoms with Crippen molar-refractivity contribution in [1.29, 1.82) is 0 Å². The van der Waals surface area contributed by atoms with Crippen LogP contribution in [0.2, 0.25) is 5.02 Å². The number of rotatable bonds is 3. The minimum Gasteiger partial charge on any atom is -0.460 e. The number of halogens is 2. The van der Waals surface area contributed by atoms with Gasteiger partial charge in [0.2, 0.25) is 0 Å². The van der Waals surface area contributed by atoms with Gasteiger partial charge in [-0.2, -0.15) is 0 Å². The third-order valence-electron chi connectivity index (χ3n) is 3.10. The summed E-state index contributed by atoms with van der Waals surface area (Å²) in [7, 11) is 0. The van der Waals surface area contributed by atoms with Crippen LogP contribution in [0.3, 0.4) is 0 Å². The molecule has 5 heteroatoms. The van der Waals surface area contributed by atoms with Gasteiger partial charge in [-0.25, -0.2) is 0 Å². The Kier molecular flexibility index (Phi) is 4.77. The van der Waals surface area contributed by atoms with Crippen LogP contribution in [0.4, 0.5) is 0 Å². The van der Waals surface area contributed by atoms with Gasteiger partial charge in [-0.15, -0.1) is 0 Å². The number of benzene rings is 1. The van der Waals surface area contributed by atoms with E-state index in [-0.39, 0.29) is 11.9 Å². The van der Waals surface area contributed by atoms with Crippen LogP contribution < -0.4 is 0 Å². The van der Waals surface area contributed by atoms with Gasteiger partial charge in [0.15, 0.2) is 0 Å². The van der Waals surface area contributed by atoms with Crippen LogP contribution in [0, 0.1) is 5.92 Å². The Balaban J connectivity index is 1.85. The van der Waals surface area contributed by atoms with E-state index in [1.54, 1.807) is 0 Å². The van der Waals surface area contributed by atoms with Crippen LogP contribution >= 0.6 is 27.5 Å². The fourth-order valence-corrected chi connectivity index (χ4v) is 2.72. The predicted molar refractivity (Wildman–Crippen MR) is 83.8 cm³/mol. The van der Waals surface area contributed by atoms with Crippen molar-refractivity contribution in [3.8, 4) is 0 Å². The molecule has 0 saturated carbocycles. The third kappa shape index (κ3) is 4.21. The summed E-state index contributed by atoms with van der Waals surface area (Å²) in [6, 6.07) is 5.82. The Bertz CT molecular complexity index is 507. The van der Waals surface area contributed by atoms with Crippen molar-refractivity contribution in [2.24, 2.45) is 5.92 Å². The van der Waals surface area contributed by atoms with Crippen molar-refractivity contribution in [2.75, 3.05) is 13.1 Å². The number of ether oxygens (including phenoxy) is 1. The van der Waals surface area contributed by atoms with E-state index in [0.29, 0.717) is 0 Å². The highest BCUT2D eigenvalue weighted by molar-refractivity contribution is 9.10. The SMILES string of the molecule is CC(C)(C)OC(=O)C1CN(Cc2cc(Br)ccc2Cl)C1. The van der Waals surface area contributed by atoms with Gasteiger partial charge in [0, 0.05) is 29.1 Å². The molecule has 0 aromatic heterocycles. The van der Waals surface area contributed by atoms with E-state index >= 15 is 0 Å². The van der Waals surface area contributed by atoms with Crippen LogP contribution in [-0.2, 0) is 16.1 Å². The van der Waals surface area contributed by atoms with Crippen LogP contribution in [0.5, 0.6) is 0 Å². The molecule has 3 nitrogen and oxygen atoms in total. The van der Waals surface area contributed by atoms with Gasteiger partial charge in [0.1, 0.15) is 5.60 Å². The molecule has 1 fully saturated rings. The highest BCUT2D eigenvalue weighted by Gasteiger charge is 2.35. The fourth-order valence-electron chi connectivity index (χ4n) is 2.14. The summed E-state index contributed by atoms with van der Waals surface area (Å²) in [5.41, 5.74) is 0.661. The number of esters is 1. The summed E-state index contributed by atoms with van der Waals surface area (Å²) in [5.74, 6) is -0.116. The quantitative estimate of drug-likeness (QED) is 0.766. The van der Waals surface area contributed by atoms with E-state index in [0.717, 1.165) is 34.7 Å². The molecule has 0 amide bonds. The zero-order valence-electron chi connectivity index (χ0n) is 12.0. The highest BCUT2D eigenvalue weighted by atomic mass is 79.9. The van der Waals surface area contributed by atoms with Crippen LogP contribution in [0.25, 0.3) is 0 Å². The van der Waals surface area contributed by atoms with Crippen molar-refractivity contribution in [3.05, 3.63) is 33.3 Å².